The monoisotopic (exact) mass is 284 g/mol. The molecule has 0 saturated heterocycles. The van der Waals surface area contributed by atoms with Gasteiger partial charge in [0.1, 0.15) is 5.75 Å². The zero-order valence-corrected chi connectivity index (χ0v) is 11.7. The Labute approximate surface area is 109 Å². The van der Waals surface area contributed by atoms with Crippen LogP contribution in [0.15, 0.2) is 0 Å². The molecule has 0 radical (unpaired) electrons. The normalized spacial score (nSPS) is 18.5. The highest BCUT2D eigenvalue weighted by Crippen LogP contribution is 2.28. The van der Waals surface area contributed by atoms with Crippen LogP contribution in [0.25, 0.3) is 0 Å². The molecule has 102 valence electrons. The molecular weight excluding hydrogens is 264 g/mol. The second-order valence-electron chi connectivity index (χ2n) is 4.42. The molecule has 1 saturated carbocycles. The Morgan fingerprint density at radius 3 is 2.29 bits per heavy atom. The average Bonchev–Trinajstić information content (AvgIpc) is 2.66. The molecule has 3 N–H and O–H groups in total. The lowest BCUT2D eigenvalue weighted by atomic mass is 9.98. The molecule has 0 aromatic rings. The summed E-state index contributed by atoms with van der Waals surface area (Å²) < 4.78 is 22.6. The predicted octanol–water partition coefficient (Wildman–Crippen LogP) is 0.231. The van der Waals surface area contributed by atoms with Gasteiger partial charge >= 0.3 is 0 Å². The first-order chi connectivity index (χ1) is 7.43. The van der Waals surface area contributed by atoms with Crippen molar-refractivity contribution in [3.05, 3.63) is 0 Å². The van der Waals surface area contributed by atoms with Gasteiger partial charge in [0.25, 0.3) is 0 Å². The van der Waals surface area contributed by atoms with E-state index in [9.17, 15) is 13.2 Å². The Morgan fingerprint density at radius 2 is 1.88 bits per heavy atom. The second-order valence-corrected chi connectivity index (χ2v) is 6.77. The Bertz CT molecular complexity index is 351. The highest BCUT2D eigenvalue weighted by atomic mass is 35.5. The van der Waals surface area contributed by atoms with E-state index >= 15 is 0 Å². The summed E-state index contributed by atoms with van der Waals surface area (Å²) in [5, 5.41) is 2.79. The topological polar surface area (TPSA) is 89.3 Å². The number of rotatable bonds is 5. The lowest BCUT2D eigenvalue weighted by Crippen LogP contribution is -2.53. The number of carbonyl (C=O) groups is 1. The largest absolute Gasteiger partial charge is 0.349 e. The van der Waals surface area contributed by atoms with Gasteiger partial charge in [-0.05, 0) is 12.8 Å². The number of hydrogen-bond donors (Lipinski definition) is 2. The molecule has 17 heavy (non-hydrogen) atoms. The maximum absolute atomic E-state index is 11.6. The van der Waals surface area contributed by atoms with Gasteiger partial charge < -0.3 is 11.1 Å². The van der Waals surface area contributed by atoms with E-state index in [1.807, 2.05) is 0 Å². The third-order valence-electron chi connectivity index (χ3n) is 3.15. The molecular formula is C10H21ClN2O3S. The van der Waals surface area contributed by atoms with Crippen LogP contribution in [0, 0.1) is 0 Å². The highest BCUT2D eigenvalue weighted by Gasteiger charge is 2.34. The second kappa shape index (κ2) is 6.56. The van der Waals surface area contributed by atoms with Crippen molar-refractivity contribution in [1.82, 2.24) is 5.32 Å². The van der Waals surface area contributed by atoms with Crippen molar-refractivity contribution in [3.8, 4) is 0 Å². The molecule has 1 aliphatic carbocycles. The van der Waals surface area contributed by atoms with Crippen LogP contribution in [0.3, 0.4) is 0 Å². The zero-order valence-electron chi connectivity index (χ0n) is 10.1. The number of carbonyl (C=O) groups excluding carboxylic acids is 1. The molecule has 0 unspecified atom stereocenters. The van der Waals surface area contributed by atoms with Crippen LogP contribution in [0.5, 0.6) is 0 Å². The van der Waals surface area contributed by atoms with E-state index < -0.39 is 21.5 Å². The molecule has 1 aliphatic rings. The van der Waals surface area contributed by atoms with Crippen LogP contribution in [0.1, 0.15) is 32.6 Å². The first kappa shape index (κ1) is 16.7. The predicted molar refractivity (Wildman–Crippen MR) is 70.0 cm³/mol. The van der Waals surface area contributed by atoms with Gasteiger partial charge in [0.15, 0.2) is 9.84 Å². The third-order valence-corrected chi connectivity index (χ3v) is 4.73. The first-order valence-electron chi connectivity index (χ1n) is 5.64. The number of hydrogen-bond acceptors (Lipinski definition) is 4. The van der Waals surface area contributed by atoms with E-state index in [0.717, 1.165) is 25.7 Å². The van der Waals surface area contributed by atoms with E-state index in [-0.39, 0.29) is 23.7 Å². The van der Waals surface area contributed by atoms with Crippen LogP contribution >= 0.6 is 12.4 Å². The van der Waals surface area contributed by atoms with E-state index in [1.165, 1.54) is 6.92 Å². The Kier molecular flexibility index (Phi) is 6.43. The fraction of sp³-hybridized carbons (Fsp3) is 0.900. The van der Waals surface area contributed by atoms with Crippen LogP contribution in [-0.4, -0.2) is 37.9 Å². The van der Waals surface area contributed by atoms with Crippen molar-refractivity contribution >= 4 is 28.2 Å². The summed E-state index contributed by atoms with van der Waals surface area (Å²) in [7, 11) is -3.25. The van der Waals surface area contributed by atoms with Crippen molar-refractivity contribution in [1.29, 1.82) is 0 Å². The molecule has 0 heterocycles. The molecule has 0 aromatic heterocycles. The van der Waals surface area contributed by atoms with Crippen LogP contribution in [-0.2, 0) is 14.6 Å². The van der Waals surface area contributed by atoms with Crippen LogP contribution in [0.2, 0.25) is 0 Å². The summed E-state index contributed by atoms with van der Waals surface area (Å²) in [6.45, 7) is 1.92. The maximum Gasteiger partial charge on any atom is 0.235 e. The highest BCUT2D eigenvalue weighted by molar-refractivity contribution is 7.92. The Hall–Kier alpha value is -0.330. The van der Waals surface area contributed by atoms with Crippen molar-refractivity contribution in [2.24, 2.45) is 5.73 Å². The summed E-state index contributed by atoms with van der Waals surface area (Å²) >= 11 is 0. The molecule has 5 nitrogen and oxygen atoms in total. The molecule has 0 spiro atoms. The van der Waals surface area contributed by atoms with Gasteiger partial charge in [0, 0.05) is 12.3 Å². The average molecular weight is 285 g/mol. The molecule has 1 fully saturated rings. The lowest BCUT2D eigenvalue weighted by molar-refractivity contribution is -0.120. The minimum absolute atomic E-state index is 0. The van der Waals surface area contributed by atoms with E-state index in [1.54, 1.807) is 0 Å². The van der Waals surface area contributed by atoms with Gasteiger partial charge in [-0.15, -0.1) is 12.4 Å². The van der Waals surface area contributed by atoms with Crippen molar-refractivity contribution in [3.63, 3.8) is 0 Å². The van der Waals surface area contributed by atoms with Gasteiger partial charge in [0.2, 0.25) is 5.91 Å². The zero-order chi connectivity index (χ0) is 12.2. The Morgan fingerprint density at radius 1 is 1.35 bits per heavy atom. The van der Waals surface area contributed by atoms with Gasteiger partial charge in [-0.3, -0.25) is 4.79 Å². The van der Waals surface area contributed by atoms with E-state index in [0.29, 0.717) is 6.54 Å². The molecule has 0 atom stereocenters. The standard InChI is InChI=1S/C10H20N2O3S.ClH/c1-2-16(14,15)7-9(13)12-10(8-11)5-3-4-6-10;/h2-8,11H2,1H3,(H,12,13);1H. The quantitative estimate of drug-likeness (QED) is 0.756. The van der Waals surface area contributed by atoms with Crippen molar-refractivity contribution in [2.45, 2.75) is 38.1 Å². The van der Waals surface area contributed by atoms with E-state index in [2.05, 4.69) is 5.32 Å². The SMILES string of the molecule is CCS(=O)(=O)CC(=O)NC1(CN)CCCC1.Cl. The minimum atomic E-state index is -3.25. The molecule has 0 aromatic carbocycles. The minimum Gasteiger partial charge on any atom is -0.349 e. The summed E-state index contributed by atoms with van der Waals surface area (Å²) in [5.41, 5.74) is 5.29. The molecule has 7 heteroatoms. The number of nitrogens with one attached hydrogen (secondary N) is 1. The van der Waals surface area contributed by atoms with Gasteiger partial charge in [-0.1, -0.05) is 19.8 Å². The molecule has 1 amide bonds. The summed E-state index contributed by atoms with van der Waals surface area (Å²) in [6, 6.07) is 0. The fourth-order valence-electron chi connectivity index (χ4n) is 2.07. The number of halogens is 1. The number of sulfone groups is 1. The smallest absolute Gasteiger partial charge is 0.235 e. The number of nitrogens with two attached hydrogens (primary N) is 1. The van der Waals surface area contributed by atoms with Gasteiger partial charge in [-0.2, -0.15) is 0 Å². The van der Waals surface area contributed by atoms with Crippen molar-refractivity contribution in [2.75, 3.05) is 18.1 Å². The van der Waals surface area contributed by atoms with Crippen LogP contribution in [0.4, 0.5) is 0 Å². The fourth-order valence-corrected chi connectivity index (χ4v) is 2.74. The van der Waals surface area contributed by atoms with Crippen LogP contribution < -0.4 is 11.1 Å². The van der Waals surface area contributed by atoms with Crippen molar-refractivity contribution < 1.29 is 13.2 Å². The lowest BCUT2D eigenvalue weighted by Gasteiger charge is -2.28. The van der Waals surface area contributed by atoms with Gasteiger partial charge in [-0.25, -0.2) is 8.42 Å². The van der Waals surface area contributed by atoms with E-state index in [4.69, 9.17) is 5.73 Å². The Balaban J connectivity index is 0.00000256. The molecule has 0 bridgehead atoms. The first-order valence-corrected chi connectivity index (χ1v) is 7.47. The summed E-state index contributed by atoms with van der Waals surface area (Å²) in [4.78, 5) is 11.6. The summed E-state index contributed by atoms with van der Waals surface area (Å²) in [6.07, 6.45) is 3.78. The summed E-state index contributed by atoms with van der Waals surface area (Å²) in [5.74, 6) is -0.851. The van der Waals surface area contributed by atoms with Gasteiger partial charge in [0.05, 0.1) is 5.54 Å². The molecule has 1 rings (SSSR count). The third kappa shape index (κ3) is 4.81. The number of amides is 1. The maximum atomic E-state index is 11.6. The molecule has 0 aliphatic heterocycles.